The van der Waals surface area contributed by atoms with E-state index in [1.54, 1.807) is 10.9 Å². The van der Waals surface area contributed by atoms with E-state index in [9.17, 15) is 4.79 Å². The van der Waals surface area contributed by atoms with E-state index in [1.165, 1.54) is 11.8 Å². The second-order valence-electron chi connectivity index (χ2n) is 7.69. The van der Waals surface area contributed by atoms with Gasteiger partial charge < -0.3 is 9.73 Å². The van der Waals surface area contributed by atoms with E-state index in [2.05, 4.69) is 49.5 Å². The minimum Gasteiger partial charge on any atom is -0.447 e. The van der Waals surface area contributed by atoms with E-state index in [-0.39, 0.29) is 5.91 Å². The molecule has 8 nitrogen and oxygen atoms in total. The summed E-state index contributed by atoms with van der Waals surface area (Å²) in [5, 5.41) is 7.01. The average Bonchev–Trinajstić information content (AvgIpc) is 3.39. The molecule has 3 aromatic rings. The van der Waals surface area contributed by atoms with Crippen molar-refractivity contribution < 1.29 is 9.21 Å². The lowest BCUT2D eigenvalue weighted by molar-refractivity contribution is 0.0949. The number of nitrogens with one attached hydrogen (secondary N) is 1. The highest BCUT2D eigenvalue weighted by Gasteiger charge is 2.20. The van der Waals surface area contributed by atoms with Gasteiger partial charge in [-0.1, -0.05) is 30.3 Å². The Kier molecular flexibility index (Phi) is 6.56. The third kappa shape index (κ3) is 5.55. The fourth-order valence-electron chi connectivity index (χ4n) is 3.64. The van der Waals surface area contributed by atoms with Gasteiger partial charge in [-0.15, -0.1) is 0 Å². The number of hydrogen-bond acceptors (Lipinski definition) is 6. The maximum Gasteiger partial charge on any atom is 0.273 e. The van der Waals surface area contributed by atoms with Gasteiger partial charge in [-0.2, -0.15) is 5.10 Å². The van der Waals surface area contributed by atoms with Crippen LogP contribution in [0, 0.1) is 0 Å². The van der Waals surface area contributed by atoms with Crippen molar-refractivity contribution in [1.29, 1.82) is 0 Å². The highest BCUT2D eigenvalue weighted by Crippen LogP contribution is 2.12. The van der Waals surface area contributed by atoms with E-state index >= 15 is 0 Å². The molecule has 0 radical (unpaired) electrons. The van der Waals surface area contributed by atoms with Crippen LogP contribution in [0.25, 0.3) is 0 Å². The monoisotopic (exact) mass is 408 g/mol. The normalized spacial score (nSPS) is 15.4. The highest BCUT2D eigenvalue weighted by atomic mass is 16.3. The zero-order chi connectivity index (χ0) is 20.8. The lowest BCUT2D eigenvalue weighted by Crippen LogP contribution is -2.45. The summed E-state index contributed by atoms with van der Waals surface area (Å²) in [5.41, 5.74) is 2.77. The van der Waals surface area contributed by atoms with Gasteiger partial charge in [-0.3, -0.25) is 19.3 Å². The van der Waals surface area contributed by atoms with Gasteiger partial charge in [0.1, 0.15) is 6.26 Å². The van der Waals surface area contributed by atoms with E-state index in [1.807, 2.05) is 19.3 Å². The van der Waals surface area contributed by atoms with Gasteiger partial charge in [0.05, 0.1) is 12.7 Å². The molecule has 30 heavy (non-hydrogen) atoms. The number of benzene rings is 1. The Bertz CT molecular complexity index is 943. The van der Waals surface area contributed by atoms with Crippen molar-refractivity contribution in [1.82, 2.24) is 29.9 Å². The molecule has 1 aliphatic heterocycles. The van der Waals surface area contributed by atoms with Crippen LogP contribution in [0.15, 0.2) is 53.4 Å². The van der Waals surface area contributed by atoms with Crippen LogP contribution in [0.2, 0.25) is 0 Å². The molecule has 1 amide bonds. The highest BCUT2D eigenvalue weighted by molar-refractivity contribution is 5.91. The van der Waals surface area contributed by atoms with Crippen LogP contribution in [0.1, 0.15) is 27.5 Å². The molecule has 1 fully saturated rings. The summed E-state index contributed by atoms with van der Waals surface area (Å²) in [6.45, 7) is 6.09. The van der Waals surface area contributed by atoms with Crippen molar-refractivity contribution in [2.24, 2.45) is 7.05 Å². The number of hydrogen-bond donors (Lipinski definition) is 1. The molecule has 0 saturated carbocycles. The summed E-state index contributed by atoms with van der Waals surface area (Å²) >= 11 is 0. The van der Waals surface area contributed by atoms with Crippen molar-refractivity contribution in [3.63, 3.8) is 0 Å². The predicted molar refractivity (Wildman–Crippen MR) is 113 cm³/mol. The van der Waals surface area contributed by atoms with E-state index in [0.29, 0.717) is 24.7 Å². The first-order valence-electron chi connectivity index (χ1n) is 10.3. The van der Waals surface area contributed by atoms with Gasteiger partial charge in [0.2, 0.25) is 5.89 Å². The lowest BCUT2D eigenvalue weighted by Gasteiger charge is -2.34. The first kappa shape index (κ1) is 20.3. The third-order valence-electron chi connectivity index (χ3n) is 5.31. The van der Waals surface area contributed by atoms with Gasteiger partial charge in [-0.25, -0.2) is 4.98 Å². The summed E-state index contributed by atoms with van der Waals surface area (Å²) in [7, 11) is 1.88. The third-order valence-corrected chi connectivity index (χ3v) is 5.31. The van der Waals surface area contributed by atoms with Crippen LogP contribution >= 0.6 is 0 Å². The van der Waals surface area contributed by atoms with Crippen LogP contribution in [-0.4, -0.2) is 63.2 Å². The summed E-state index contributed by atoms with van der Waals surface area (Å²) in [4.78, 5) is 21.4. The molecular formula is C22H28N6O2. The molecule has 0 spiro atoms. The topological polar surface area (TPSA) is 79.4 Å². The summed E-state index contributed by atoms with van der Waals surface area (Å²) < 4.78 is 7.29. The molecule has 3 heterocycles. The van der Waals surface area contributed by atoms with Gasteiger partial charge >= 0.3 is 0 Å². The van der Waals surface area contributed by atoms with Gasteiger partial charge in [0.15, 0.2) is 5.69 Å². The number of aromatic nitrogens is 3. The molecule has 0 unspecified atom stereocenters. The SMILES string of the molecule is Cn1cc(CCNC(=O)c2coc(CN3CCN(Cc4ccccc4)CC3)n2)cn1. The summed E-state index contributed by atoms with van der Waals surface area (Å²) in [6.07, 6.45) is 5.93. The molecule has 0 aliphatic carbocycles. The number of carbonyl (C=O) groups is 1. The van der Waals surface area contributed by atoms with Gasteiger partial charge in [0.25, 0.3) is 5.91 Å². The van der Waals surface area contributed by atoms with E-state index in [4.69, 9.17) is 4.42 Å². The van der Waals surface area contributed by atoms with Crippen molar-refractivity contribution in [3.05, 3.63) is 71.7 Å². The lowest BCUT2D eigenvalue weighted by atomic mass is 10.2. The molecule has 158 valence electrons. The zero-order valence-corrected chi connectivity index (χ0v) is 17.3. The molecule has 1 aliphatic rings. The maximum atomic E-state index is 12.3. The zero-order valence-electron chi connectivity index (χ0n) is 17.3. The largest absolute Gasteiger partial charge is 0.447 e. The average molecular weight is 409 g/mol. The molecule has 1 saturated heterocycles. The first-order chi connectivity index (χ1) is 14.7. The Labute approximate surface area is 176 Å². The molecule has 8 heteroatoms. The molecule has 1 aromatic carbocycles. The van der Waals surface area contributed by atoms with Crippen molar-refractivity contribution >= 4 is 5.91 Å². The number of piperazine rings is 1. The number of rotatable bonds is 8. The molecule has 4 rings (SSSR count). The van der Waals surface area contributed by atoms with Gasteiger partial charge in [-0.05, 0) is 17.5 Å². The predicted octanol–water partition coefficient (Wildman–Crippen LogP) is 1.70. The fourth-order valence-corrected chi connectivity index (χ4v) is 3.64. The Morgan fingerprint density at radius 2 is 1.80 bits per heavy atom. The van der Waals surface area contributed by atoms with Gasteiger partial charge in [0, 0.05) is 52.5 Å². The number of nitrogens with zero attached hydrogens (tertiary/aromatic N) is 5. The Balaban J connectivity index is 1.19. The maximum absolute atomic E-state index is 12.3. The molecular weight excluding hydrogens is 380 g/mol. The van der Waals surface area contributed by atoms with Crippen molar-refractivity contribution in [3.8, 4) is 0 Å². The van der Waals surface area contributed by atoms with E-state index in [0.717, 1.165) is 44.7 Å². The minimum atomic E-state index is -0.207. The summed E-state index contributed by atoms with van der Waals surface area (Å²) in [5.74, 6) is 0.380. The molecule has 1 N–H and O–H groups in total. The quantitative estimate of drug-likeness (QED) is 0.611. The Morgan fingerprint density at radius 3 is 2.50 bits per heavy atom. The van der Waals surface area contributed by atoms with Crippen molar-refractivity contribution in [2.45, 2.75) is 19.5 Å². The van der Waals surface area contributed by atoms with Crippen LogP contribution < -0.4 is 5.32 Å². The van der Waals surface area contributed by atoms with Crippen LogP contribution in [0.4, 0.5) is 0 Å². The van der Waals surface area contributed by atoms with E-state index < -0.39 is 0 Å². The Hall–Kier alpha value is -2.97. The minimum absolute atomic E-state index is 0.207. The number of aryl methyl sites for hydroxylation is 1. The smallest absolute Gasteiger partial charge is 0.273 e. The molecule has 2 aromatic heterocycles. The number of oxazole rings is 1. The second-order valence-corrected chi connectivity index (χ2v) is 7.69. The van der Waals surface area contributed by atoms with Crippen LogP contribution in [-0.2, 0) is 26.6 Å². The first-order valence-corrected chi connectivity index (χ1v) is 10.3. The summed E-state index contributed by atoms with van der Waals surface area (Å²) in [6, 6.07) is 10.6. The molecule has 0 atom stereocenters. The van der Waals surface area contributed by atoms with Crippen molar-refractivity contribution in [2.75, 3.05) is 32.7 Å². The van der Waals surface area contributed by atoms with Crippen LogP contribution in [0.5, 0.6) is 0 Å². The Morgan fingerprint density at radius 1 is 1.07 bits per heavy atom. The number of amides is 1. The number of carbonyl (C=O) groups excluding carboxylic acids is 1. The van der Waals surface area contributed by atoms with Crippen LogP contribution in [0.3, 0.4) is 0 Å². The second kappa shape index (κ2) is 9.69. The fraction of sp³-hybridized carbons (Fsp3) is 0.409. The standard InChI is InChI=1S/C22H28N6O2/c1-26-14-19(13-24-26)7-8-23-22(29)20-17-30-21(25-20)16-28-11-9-27(10-12-28)15-18-5-3-2-4-6-18/h2-6,13-14,17H,7-12,15-16H2,1H3,(H,23,29). The molecule has 0 bridgehead atoms.